The summed E-state index contributed by atoms with van der Waals surface area (Å²) in [5.41, 5.74) is 3.12. The van der Waals surface area contributed by atoms with E-state index in [1.165, 1.54) is 7.11 Å². The highest BCUT2D eigenvalue weighted by Crippen LogP contribution is 2.39. The molecule has 0 unspecified atom stereocenters. The summed E-state index contributed by atoms with van der Waals surface area (Å²) in [5, 5.41) is 0.313. The van der Waals surface area contributed by atoms with Crippen LogP contribution >= 0.6 is 0 Å². The highest BCUT2D eigenvalue weighted by Gasteiger charge is 2.50. The number of benzene rings is 6. The first-order valence-corrected chi connectivity index (χ1v) is 20.3. The highest BCUT2D eigenvalue weighted by molar-refractivity contribution is 5.93. The fraction of sp³-hybridized carbons (Fsp3) is 0.216. The molecule has 1 aliphatic rings. The number of esters is 1. The molecule has 0 saturated carbocycles. The van der Waals surface area contributed by atoms with Crippen LogP contribution in [0, 0.1) is 0 Å². The molecule has 8 rings (SSSR count). The smallest absolute Gasteiger partial charge is 0.383 e. The molecule has 0 radical (unpaired) electrons. The molecule has 7 aromatic rings. The highest BCUT2D eigenvalue weighted by atomic mass is 16.7. The van der Waals surface area contributed by atoms with Crippen molar-refractivity contribution in [1.29, 1.82) is 0 Å². The minimum Gasteiger partial charge on any atom is -0.497 e. The van der Waals surface area contributed by atoms with Crippen LogP contribution in [0.1, 0.15) is 32.6 Å². The van der Waals surface area contributed by atoms with E-state index in [9.17, 15) is 9.59 Å². The van der Waals surface area contributed by atoms with Crippen molar-refractivity contribution in [2.75, 3.05) is 13.7 Å². The van der Waals surface area contributed by atoms with E-state index >= 15 is 0 Å². The van der Waals surface area contributed by atoms with E-state index in [2.05, 4.69) is 0 Å². The van der Waals surface area contributed by atoms with Crippen LogP contribution in [0.3, 0.4) is 0 Å². The van der Waals surface area contributed by atoms with Gasteiger partial charge < -0.3 is 42.3 Å². The van der Waals surface area contributed by atoms with Gasteiger partial charge in [-0.15, -0.1) is 0 Å². The van der Waals surface area contributed by atoms with Gasteiger partial charge in [0, 0.05) is 6.07 Å². The fourth-order valence-electron chi connectivity index (χ4n) is 7.15. The molecule has 0 N–H and O–H groups in total. The summed E-state index contributed by atoms with van der Waals surface area (Å²) in [7, 11) is 1.50. The Hall–Kier alpha value is -6.60. The van der Waals surface area contributed by atoms with Crippen LogP contribution in [0.4, 0.5) is 0 Å². The number of hydrogen-bond donors (Lipinski definition) is 0. The maximum Gasteiger partial charge on any atom is 0.383 e. The maximum atomic E-state index is 13.9. The standard InChI is InChI=1S/C51H46O11/c1-54-40-27-28-41-42(29-40)59-50(53)47(61-49(52)39-25-15-6-16-26-39)44(41)62-51-48(58-33-38-23-13-5-14-24-38)46(57-32-37-21-11-4-12-22-37)45(56-31-36-19-9-3-10-20-36)43(60-51)34-55-30-35-17-7-2-8-18-35/h2-29,43,45-46,48,51H,30-34H2,1H3/t43-,45-,46+,48-,51+/m1/s1. The first-order chi connectivity index (χ1) is 30.5. The number of methoxy groups -OCH3 is 1. The van der Waals surface area contributed by atoms with Crippen LogP contribution in [0.15, 0.2) is 179 Å². The van der Waals surface area contributed by atoms with Crippen molar-refractivity contribution >= 4 is 16.9 Å². The second kappa shape index (κ2) is 20.8. The molecule has 1 saturated heterocycles. The number of ether oxygens (including phenoxy) is 8. The van der Waals surface area contributed by atoms with E-state index < -0.39 is 48.1 Å². The topological polar surface area (TPSA) is 121 Å². The van der Waals surface area contributed by atoms with Gasteiger partial charge in [-0.2, -0.15) is 0 Å². The van der Waals surface area contributed by atoms with Gasteiger partial charge in [0.1, 0.15) is 35.7 Å². The van der Waals surface area contributed by atoms with Crippen LogP contribution in [-0.2, 0) is 50.1 Å². The molecule has 0 amide bonds. The third kappa shape index (κ3) is 10.6. The van der Waals surface area contributed by atoms with Gasteiger partial charge in [0.05, 0.1) is 51.1 Å². The fourth-order valence-corrected chi connectivity index (χ4v) is 7.15. The van der Waals surface area contributed by atoms with Gasteiger partial charge >= 0.3 is 11.6 Å². The Morgan fingerprint density at radius 1 is 0.565 bits per heavy atom. The molecule has 62 heavy (non-hydrogen) atoms. The van der Waals surface area contributed by atoms with Crippen molar-refractivity contribution in [1.82, 2.24) is 0 Å². The molecular weight excluding hydrogens is 789 g/mol. The Kier molecular flexibility index (Phi) is 14.1. The van der Waals surface area contributed by atoms with Crippen molar-refractivity contribution < 1.29 is 47.1 Å². The van der Waals surface area contributed by atoms with Crippen LogP contribution in [0.25, 0.3) is 11.0 Å². The number of carbonyl (C=O) groups excluding carboxylic acids is 1. The lowest BCUT2D eigenvalue weighted by Gasteiger charge is -2.45. The van der Waals surface area contributed by atoms with Crippen molar-refractivity contribution in [2.24, 2.45) is 0 Å². The molecule has 11 heteroatoms. The minimum absolute atomic E-state index is 0.0650. The monoisotopic (exact) mass is 834 g/mol. The average Bonchev–Trinajstić information content (AvgIpc) is 3.32. The maximum absolute atomic E-state index is 13.9. The van der Waals surface area contributed by atoms with Crippen LogP contribution in [0.2, 0.25) is 0 Å². The van der Waals surface area contributed by atoms with Crippen molar-refractivity contribution in [2.45, 2.75) is 57.1 Å². The van der Waals surface area contributed by atoms with E-state index in [1.54, 1.807) is 48.5 Å². The third-order valence-electron chi connectivity index (χ3n) is 10.3. The number of carbonyl (C=O) groups is 1. The second-order valence-corrected chi connectivity index (χ2v) is 14.6. The first-order valence-electron chi connectivity index (χ1n) is 20.3. The predicted molar refractivity (Wildman–Crippen MR) is 231 cm³/mol. The quantitative estimate of drug-likeness (QED) is 0.0608. The molecule has 1 fully saturated rings. The Labute approximate surface area is 359 Å². The van der Waals surface area contributed by atoms with Crippen molar-refractivity contribution in [3.05, 3.63) is 208 Å². The summed E-state index contributed by atoms with van der Waals surface area (Å²) in [6, 6.07) is 52.3. The van der Waals surface area contributed by atoms with Gasteiger partial charge in [-0.1, -0.05) is 140 Å². The summed E-state index contributed by atoms with van der Waals surface area (Å²) < 4.78 is 57.6. The summed E-state index contributed by atoms with van der Waals surface area (Å²) in [6.07, 6.45) is -4.68. The zero-order valence-electron chi connectivity index (χ0n) is 34.1. The van der Waals surface area contributed by atoms with Gasteiger partial charge in [0.2, 0.25) is 6.29 Å². The van der Waals surface area contributed by atoms with Gasteiger partial charge in [-0.25, -0.2) is 9.59 Å². The molecule has 0 spiro atoms. The molecule has 2 heterocycles. The lowest BCUT2D eigenvalue weighted by atomic mass is 9.97. The van der Waals surface area contributed by atoms with Crippen LogP contribution in [0.5, 0.6) is 17.2 Å². The molecule has 316 valence electrons. The lowest BCUT2D eigenvalue weighted by Crippen LogP contribution is -2.62. The van der Waals surface area contributed by atoms with Crippen LogP contribution < -0.4 is 19.8 Å². The van der Waals surface area contributed by atoms with Crippen molar-refractivity contribution in [3.8, 4) is 17.2 Å². The number of rotatable bonds is 18. The van der Waals surface area contributed by atoms with Gasteiger partial charge in [-0.3, -0.25) is 0 Å². The van der Waals surface area contributed by atoms with E-state index in [4.69, 9.17) is 42.3 Å². The summed E-state index contributed by atoms with van der Waals surface area (Å²) in [6.45, 7) is 0.940. The summed E-state index contributed by atoms with van der Waals surface area (Å²) >= 11 is 0. The van der Waals surface area contributed by atoms with E-state index in [1.807, 2.05) is 121 Å². The lowest BCUT2D eigenvalue weighted by molar-refractivity contribution is -0.310. The predicted octanol–water partition coefficient (Wildman–Crippen LogP) is 9.10. The Morgan fingerprint density at radius 3 is 1.61 bits per heavy atom. The molecule has 1 aliphatic heterocycles. The SMILES string of the molecule is COc1ccc2c(O[C@@H]3O[C@H](COCc4ccccc4)[C@@H](OCc4ccccc4)[C@H](OCc4ccccc4)[C@H]3OCc3ccccc3)c(OC(=O)c3ccccc3)c(=O)oc2c1. The Morgan fingerprint density at radius 2 is 1.06 bits per heavy atom. The average molecular weight is 835 g/mol. The molecule has 5 atom stereocenters. The zero-order chi connectivity index (χ0) is 42.5. The zero-order valence-corrected chi connectivity index (χ0v) is 34.1. The first kappa shape index (κ1) is 42.1. The Balaban J connectivity index is 1.22. The minimum atomic E-state index is -1.29. The van der Waals surface area contributed by atoms with E-state index in [0.717, 1.165) is 22.3 Å². The summed E-state index contributed by atoms with van der Waals surface area (Å²) in [4.78, 5) is 27.5. The second-order valence-electron chi connectivity index (χ2n) is 14.6. The third-order valence-corrected chi connectivity index (χ3v) is 10.3. The Bertz CT molecular complexity index is 2530. The van der Waals surface area contributed by atoms with Gasteiger partial charge in [0.25, 0.3) is 5.75 Å². The molecule has 1 aromatic heterocycles. The molecule has 6 aromatic carbocycles. The van der Waals surface area contributed by atoms with Gasteiger partial charge in [0.15, 0.2) is 5.75 Å². The molecule has 0 bridgehead atoms. The van der Waals surface area contributed by atoms with E-state index in [-0.39, 0.29) is 43.3 Å². The largest absolute Gasteiger partial charge is 0.497 e. The molecule has 11 nitrogen and oxygen atoms in total. The van der Waals surface area contributed by atoms with Crippen LogP contribution in [-0.4, -0.2) is 50.4 Å². The molecular formula is C51H46O11. The van der Waals surface area contributed by atoms with Crippen molar-refractivity contribution in [3.63, 3.8) is 0 Å². The van der Waals surface area contributed by atoms with E-state index in [0.29, 0.717) is 17.7 Å². The number of fused-ring (bicyclic) bond motifs is 1. The summed E-state index contributed by atoms with van der Waals surface area (Å²) in [5.74, 6) is -0.927. The normalized spacial score (nSPS) is 18.6. The van der Waals surface area contributed by atoms with Gasteiger partial charge in [-0.05, 0) is 46.5 Å². The number of hydrogen-bond acceptors (Lipinski definition) is 11. The molecule has 0 aliphatic carbocycles.